The number of amides is 1. The van der Waals surface area contributed by atoms with Crippen molar-refractivity contribution in [2.24, 2.45) is 0 Å². The van der Waals surface area contributed by atoms with E-state index in [0.29, 0.717) is 4.31 Å². The number of hydrogen-bond donors (Lipinski definition) is 0. The summed E-state index contributed by atoms with van der Waals surface area (Å²) in [4.78, 5) is 11.7. The third-order valence-corrected chi connectivity index (χ3v) is 3.87. The molecular formula is C10H16N2O4S. The Kier molecular flexibility index (Phi) is 3.69. The van der Waals surface area contributed by atoms with Crippen LogP contribution in [0.25, 0.3) is 0 Å². The molecular weight excluding hydrogens is 244 g/mol. The molecule has 1 fully saturated rings. The summed E-state index contributed by atoms with van der Waals surface area (Å²) in [5.41, 5.74) is -0.730. The Morgan fingerprint density at radius 1 is 1.41 bits per heavy atom. The molecule has 0 aromatic carbocycles. The van der Waals surface area contributed by atoms with Crippen molar-refractivity contribution < 1.29 is 17.9 Å². The molecule has 0 aliphatic carbocycles. The molecule has 7 heteroatoms. The molecule has 0 unspecified atom stereocenters. The van der Waals surface area contributed by atoms with Crippen LogP contribution in [0, 0.1) is 12.3 Å². The number of ether oxygens (including phenoxy) is 1. The van der Waals surface area contributed by atoms with E-state index in [-0.39, 0.29) is 19.6 Å². The van der Waals surface area contributed by atoms with Crippen LogP contribution in [0.1, 0.15) is 20.8 Å². The molecule has 1 rings (SSSR count). The highest BCUT2D eigenvalue weighted by molar-refractivity contribution is 7.87. The van der Waals surface area contributed by atoms with Crippen LogP contribution in [-0.4, -0.2) is 48.4 Å². The van der Waals surface area contributed by atoms with Gasteiger partial charge in [0.15, 0.2) is 0 Å². The van der Waals surface area contributed by atoms with Gasteiger partial charge in [0.2, 0.25) is 0 Å². The quantitative estimate of drug-likeness (QED) is 0.641. The average molecular weight is 260 g/mol. The van der Waals surface area contributed by atoms with E-state index in [1.54, 1.807) is 20.8 Å². The smallest absolute Gasteiger partial charge is 0.425 e. The lowest BCUT2D eigenvalue weighted by molar-refractivity contribution is 0.0405. The van der Waals surface area contributed by atoms with Crippen molar-refractivity contribution in [2.75, 3.05) is 19.6 Å². The molecule has 1 saturated heterocycles. The number of carbonyl (C=O) groups is 1. The van der Waals surface area contributed by atoms with Crippen molar-refractivity contribution in [1.82, 2.24) is 8.61 Å². The van der Waals surface area contributed by atoms with E-state index < -0.39 is 21.9 Å². The standard InChI is InChI=1S/C10H16N2O4S/c1-5-6-11-7-8-12(17(11,14)15)9(13)16-10(2,3)4/h1H,6-8H2,2-4H3. The van der Waals surface area contributed by atoms with Crippen LogP contribution < -0.4 is 0 Å². The Bertz CT molecular complexity index is 444. The van der Waals surface area contributed by atoms with E-state index in [2.05, 4.69) is 5.92 Å². The minimum atomic E-state index is -3.81. The summed E-state index contributed by atoms with van der Waals surface area (Å²) in [5, 5.41) is 0. The molecule has 6 nitrogen and oxygen atoms in total. The van der Waals surface area contributed by atoms with Gasteiger partial charge in [0.05, 0.1) is 13.1 Å². The minimum absolute atomic E-state index is 0.0400. The first-order chi connectivity index (χ1) is 7.68. The predicted octanol–water partition coefficient (Wildman–Crippen LogP) is 0.417. The van der Waals surface area contributed by atoms with Gasteiger partial charge in [-0.2, -0.15) is 17.0 Å². The Balaban J connectivity index is 2.82. The Morgan fingerprint density at radius 2 is 2.00 bits per heavy atom. The van der Waals surface area contributed by atoms with Gasteiger partial charge in [-0.1, -0.05) is 5.92 Å². The Hall–Kier alpha value is -1.26. The maximum Gasteiger partial charge on any atom is 0.425 e. The van der Waals surface area contributed by atoms with Crippen LogP contribution in [0.15, 0.2) is 0 Å². The summed E-state index contributed by atoms with van der Waals surface area (Å²) in [6.45, 7) is 5.25. The van der Waals surface area contributed by atoms with Gasteiger partial charge in [0.25, 0.3) is 0 Å². The largest absolute Gasteiger partial charge is 0.443 e. The number of nitrogens with zero attached hydrogens (tertiary/aromatic N) is 2. The number of terminal acetylenes is 1. The number of rotatable bonds is 1. The maximum absolute atomic E-state index is 11.9. The molecule has 96 valence electrons. The molecule has 0 atom stereocenters. The van der Waals surface area contributed by atoms with E-state index in [9.17, 15) is 13.2 Å². The zero-order valence-electron chi connectivity index (χ0n) is 10.1. The molecule has 1 heterocycles. The second-order valence-electron chi connectivity index (χ2n) is 4.60. The molecule has 1 aliphatic rings. The highest BCUT2D eigenvalue weighted by atomic mass is 32.2. The van der Waals surface area contributed by atoms with Crippen molar-refractivity contribution in [3.05, 3.63) is 0 Å². The van der Waals surface area contributed by atoms with Crippen molar-refractivity contribution in [3.8, 4) is 12.3 Å². The Morgan fingerprint density at radius 3 is 2.47 bits per heavy atom. The first-order valence-electron chi connectivity index (χ1n) is 5.13. The van der Waals surface area contributed by atoms with E-state index in [0.717, 1.165) is 4.31 Å². The summed E-state index contributed by atoms with van der Waals surface area (Å²) < 4.78 is 30.5. The predicted molar refractivity (Wildman–Crippen MR) is 62.3 cm³/mol. The maximum atomic E-state index is 11.9. The van der Waals surface area contributed by atoms with Gasteiger partial charge in [-0.25, -0.2) is 4.79 Å². The molecule has 0 aromatic heterocycles. The minimum Gasteiger partial charge on any atom is -0.443 e. The molecule has 17 heavy (non-hydrogen) atoms. The van der Waals surface area contributed by atoms with Crippen LogP contribution in [0.4, 0.5) is 4.79 Å². The van der Waals surface area contributed by atoms with Gasteiger partial charge in [0.1, 0.15) is 5.60 Å². The summed E-state index contributed by atoms with van der Waals surface area (Å²) in [7, 11) is -3.81. The van der Waals surface area contributed by atoms with Gasteiger partial charge < -0.3 is 4.74 Å². The van der Waals surface area contributed by atoms with E-state index in [1.807, 2.05) is 0 Å². The lowest BCUT2D eigenvalue weighted by atomic mass is 10.2. The van der Waals surface area contributed by atoms with Crippen LogP contribution in [0.2, 0.25) is 0 Å². The molecule has 1 aliphatic heterocycles. The van der Waals surface area contributed by atoms with Crippen molar-refractivity contribution in [2.45, 2.75) is 26.4 Å². The zero-order valence-corrected chi connectivity index (χ0v) is 11.0. The van der Waals surface area contributed by atoms with Crippen LogP contribution in [0.5, 0.6) is 0 Å². The molecule has 1 amide bonds. The molecule has 0 radical (unpaired) electrons. The summed E-state index contributed by atoms with van der Waals surface area (Å²) >= 11 is 0. The first kappa shape index (κ1) is 13.8. The fourth-order valence-electron chi connectivity index (χ4n) is 1.33. The fraction of sp³-hybridized carbons (Fsp3) is 0.700. The van der Waals surface area contributed by atoms with E-state index in [1.165, 1.54) is 0 Å². The summed E-state index contributed by atoms with van der Waals surface area (Å²) in [6, 6.07) is 0. The van der Waals surface area contributed by atoms with Crippen LogP contribution >= 0.6 is 0 Å². The number of carbonyl (C=O) groups excluding carboxylic acids is 1. The summed E-state index contributed by atoms with van der Waals surface area (Å²) in [5.74, 6) is 2.24. The van der Waals surface area contributed by atoms with Crippen molar-refractivity contribution >= 4 is 16.3 Å². The highest BCUT2D eigenvalue weighted by Crippen LogP contribution is 2.19. The third kappa shape index (κ3) is 3.11. The van der Waals surface area contributed by atoms with Crippen molar-refractivity contribution in [3.63, 3.8) is 0 Å². The summed E-state index contributed by atoms with van der Waals surface area (Å²) in [6.07, 6.45) is 4.20. The molecule has 0 N–H and O–H groups in total. The average Bonchev–Trinajstić information content (AvgIpc) is 2.40. The Labute approximate surface area is 102 Å². The van der Waals surface area contributed by atoms with Gasteiger partial charge in [-0.15, -0.1) is 6.42 Å². The lowest BCUT2D eigenvalue weighted by Gasteiger charge is -2.23. The van der Waals surface area contributed by atoms with Crippen molar-refractivity contribution in [1.29, 1.82) is 0 Å². The number of hydrogen-bond acceptors (Lipinski definition) is 4. The molecule has 0 spiro atoms. The van der Waals surface area contributed by atoms with Gasteiger partial charge >= 0.3 is 16.3 Å². The monoisotopic (exact) mass is 260 g/mol. The fourth-order valence-corrected chi connectivity index (χ4v) is 2.70. The van der Waals surface area contributed by atoms with Crippen LogP contribution in [0.3, 0.4) is 0 Å². The first-order valence-corrected chi connectivity index (χ1v) is 6.52. The SMILES string of the molecule is C#CCN1CCN(C(=O)OC(C)(C)C)S1(=O)=O. The molecule has 0 bridgehead atoms. The van der Waals surface area contributed by atoms with Gasteiger partial charge in [-0.05, 0) is 20.8 Å². The highest BCUT2D eigenvalue weighted by Gasteiger charge is 2.41. The molecule has 0 saturated carbocycles. The van der Waals surface area contributed by atoms with Gasteiger partial charge in [0, 0.05) is 6.54 Å². The normalized spacial score (nSPS) is 20.0. The van der Waals surface area contributed by atoms with E-state index >= 15 is 0 Å². The topological polar surface area (TPSA) is 66.9 Å². The van der Waals surface area contributed by atoms with Crippen LogP contribution in [-0.2, 0) is 14.9 Å². The molecule has 0 aromatic rings. The lowest BCUT2D eigenvalue weighted by Crippen LogP contribution is -2.40. The second kappa shape index (κ2) is 4.55. The third-order valence-electron chi connectivity index (χ3n) is 2.02. The zero-order chi connectivity index (χ0) is 13.3. The van der Waals surface area contributed by atoms with E-state index in [4.69, 9.17) is 11.2 Å². The second-order valence-corrected chi connectivity index (χ2v) is 6.45. The van der Waals surface area contributed by atoms with Gasteiger partial charge in [-0.3, -0.25) is 0 Å².